The van der Waals surface area contributed by atoms with Crippen LogP contribution in [0.1, 0.15) is 10.4 Å². The van der Waals surface area contributed by atoms with Crippen LogP contribution in [-0.4, -0.2) is 5.91 Å². The SMILES string of the molecule is O=C(Nc1ccccc1Sc1ccccc1)c1ccc(Cl)cc1. The van der Waals surface area contributed by atoms with Crippen molar-refractivity contribution in [3.05, 3.63) is 89.4 Å². The Bertz CT molecular complexity index is 803. The van der Waals surface area contributed by atoms with Crippen LogP contribution in [0.3, 0.4) is 0 Å². The number of carbonyl (C=O) groups excluding carboxylic acids is 1. The molecule has 3 aromatic carbocycles. The lowest BCUT2D eigenvalue weighted by molar-refractivity contribution is 0.102. The van der Waals surface area contributed by atoms with E-state index in [1.165, 1.54) is 0 Å². The molecule has 0 saturated carbocycles. The van der Waals surface area contributed by atoms with Crippen LogP contribution in [0, 0.1) is 0 Å². The first-order valence-corrected chi connectivity index (χ1v) is 8.31. The minimum Gasteiger partial charge on any atom is -0.321 e. The Morgan fingerprint density at radius 2 is 1.48 bits per heavy atom. The van der Waals surface area contributed by atoms with Crippen LogP contribution in [0.25, 0.3) is 0 Å². The average Bonchev–Trinajstić information content (AvgIpc) is 2.58. The number of amides is 1. The van der Waals surface area contributed by atoms with Crippen molar-refractivity contribution in [1.82, 2.24) is 0 Å². The highest BCUT2D eigenvalue weighted by Crippen LogP contribution is 2.33. The van der Waals surface area contributed by atoms with Crippen molar-refractivity contribution >= 4 is 35.0 Å². The highest BCUT2D eigenvalue weighted by molar-refractivity contribution is 7.99. The third-order valence-corrected chi connectivity index (χ3v) is 4.55. The van der Waals surface area contributed by atoms with Crippen molar-refractivity contribution < 1.29 is 4.79 Å². The first-order chi connectivity index (χ1) is 11.2. The van der Waals surface area contributed by atoms with Crippen LogP contribution in [0.5, 0.6) is 0 Å². The number of anilines is 1. The smallest absolute Gasteiger partial charge is 0.255 e. The van der Waals surface area contributed by atoms with Gasteiger partial charge in [-0.3, -0.25) is 4.79 Å². The lowest BCUT2D eigenvalue weighted by atomic mass is 10.2. The first-order valence-electron chi connectivity index (χ1n) is 7.11. The van der Waals surface area contributed by atoms with Crippen molar-refractivity contribution in [2.45, 2.75) is 9.79 Å². The van der Waals surface area contributed by atoms with Gasteiger partial charge in [-0.05, 0) is 48.5 Å². The molecular formula is C19H14ClNOS. The van der Waals surface area contributed by atoms with Crippen molar-refractivity contribution in [3.63, 3.8) is 0 Å². The summed E-state index contributed by atoms with van der Waals surface area (Å²) in [5.41, 5.74) is 1.37. The van der Waals surface area contributed by atoms with E-state index in [4.69, 9.17) is 11.6 Å². The maximum absolute atomic E-state index is 12.4. The summed E-state index contributed by atoms with van der Waals surface area (Å²) in [6.45, 7) is 0. The van der Waals surface area contributed by atoms with Crippen molar-refractivity contribution in [2.75, 3.05) is 5.32 Å². The molecule has 0 radical (unpaired) electrons. The monoisotopic (exact) mass is 339 g/mol. The number of rotatable bonds is 4. The Hall–Kier alpha value is -2.23. The molecule has 0 atom stereocenters. The predicted molar refractivity (Wildman–Crippen MR) is 96.4 cm³/mol. The summed E-state index contributed by atoms with van der Waals surface area (Å²) in [7, 11) is 0. The molecule has 0 saturated heterocycles. The molecule has 0 fully saturated rings. The summed E-state index contributed by atoms with van der Waals surface area (Å²) in [5.74, 6) is -0.150. The fourth-order valence-electron chi connectivity index (χ4n) is 2.07. The molecule has 2 nitrogen and oxygen atoms in total. The Balaban J connectivity index is 1.80. The largest absolute Gasteiger partial charge is 0.321 e. The predicted octanol–water partition coefficient (Wildman–Crippen LogP) is 5.74. The van der Waals surface area contributed by atoms with E-state index in [0.717, 1.165) is 15.5 Å². The van der Waals surface area contributed by atoms with E-state index in [9.17, 15) is 4.79 Å². The second-order valence-electron chi connectivity index (χ2n) is 4.87. The van der Waals surface area contributed by atoms with Gasteiger partial charge in [0.25, 0.3) is 5.91 Å². The van der Waals surface area contributed by atoms with Crippen molar-refractivity contribution in [1.29, 1.82) is 0 Å². The third kappa shape index (κ3) is 4.15. The van der Waals surface area contributed by atoms with E-state index in [1.54, 1.807) is 36.0 Å². The second kappa shape index (κ2) is 7.36. The first kappa shape index (κ1) is 15.7. The summed E-state index contributed by atoms with van der Waals surface area (Å²) < 4.78 is 0. The van der Waals surface area contributed by atoms with Gasteiger partial charge in [0.2, 0.25) is 0 Å². The molecule has 0 aromatic heterocycles. The van der Waals surface area contributed by atoms with Crippen LogP contribution in [0.15, 0.2) is 88.7 Å². The summed E-state index contributed by atoms with van der Waals surface area (Å²) in [6.07, 6.45) is 0. The molecule has 0 unspecified atom stereocenters. The zero-order chi connectivity index (χ0) is 16.1. The van der Waals surface area contributed by atoms with Gasteiger partial charge in [-0.2, -0.15) is 0 Å². The standard InChI is InChI=1S/C19H14ClNOS/c20-15-12-10-14(11-13-15)19(22)21-17-8-4-5-9-18(17)23-16-6-2-1-3-7-16/h1-13H,(H,21,22). The van der Waals surface area contributed by atoms with Gasteiger partial charge in [0, 0.05) is 20.4 Å². The molecule has 0 bridgehead atoms. The van der Waals surface area contributed by atoms with E-state index in [2.05, 4.69) is 5.32 Å². The van der Waals surface area contributed by atoms with Crippen molar-refractivity contribution in [3.8, 4) is 0 Å². The Labute approximate surface area is 144 Å². The molecule has 0 aliphatic heterocycles. The van der Waals surface area contributed by atoms with Gasteiger partial charge >= 0.3 is 0 Å². The number of carbonyl (C=O) groups is 1. The van der Waals surface area contributed by atoms with Crippen LogP contribution in [-0.2, 0) is 0 Å². The molecule has 3 rings (SSSR count). The van der Waals surface area contributed by atoms with E-state index in [0.29, 0.717) is 10.6 Å². The molecule has 114 valence electrons. The second-order valence-corrected chi connectivity index (χ2v) is 6.42. The third-order valence-electron chi connectivity index (χ3n) is 3.21. The van der Waals surface area contributed by atoms with Crippen LogP contribution >= 0.6 is 23.4 Å². The number of halogens is 1. The fraction of sp³-hybridized carbons (Fsp3) is 0. The zero-order valence-electron chi connectivity index (χ0n) is 12.2. The highest BCUT2D eigenvalue weighted by Gasteiger charge is 2.09. The molecule has 23 heavy (non-hydrogen) atoms. The van der Waals surface area contributed by atoms with Crippen LogP contribution in [0.4, 0.5) is 5.69 Å². The van der Waals surface area contributed by atoms with Crippen LogP contribution in [0.2, 0.25) is 5.02 Å². The fourth-order valence-corrected chi connectivity index (χ4v) is 3.12. The normalized spacial score (nSPS) is 10.3. The average molecular weight is 340 g/mol. The summed E-state index contributed by atoms with van der Waals surface area (Å²) in [6, 6.07) is 24.7. The Morgan fingerprint density at radius 3 is 2.22 bits per heavy atom. The molecule has 3 aromatic rings. The zero-order valence-corrected chi connectivity index (χ0v) is 13.8. The molecule has 0 spiro atoms. The van der Waals surface area contributed by atoms with E-state index in [-0.39, 0.29) is 5.91 Å². The van der Waals surface area contributed by atoms with E-state index < -0.39 is 0 Å². The topological polar surface area (TPSA) is 29.1 Å². The minimum absolute atomic E-state index is 0.150. The van der Waals surface area contributed by atoms with Gasteiger partial charge in [0.15, 0.2) is 0 Å². The molecule has 1 amide bonds. The minimum atomic E-state index is -0.150. The molecule has 4 heteroatoms. The summed E-state index contributed by atoms with van der Waals surface area (Å²) >= 11 is 7.48. The molecule has 0 heterocycles. The number of nitrogens with one attached hydrogen (secondary N) is 1. The van der Waals surface area contributed by atoms with Crippen molar-refractivity contribution in [2.24, 2.45) is 0 Å². The quantitative estimate of drug-likeness (QED) is 0.656. The maximum Gasteiger partial charge on any atom is 0.255 e. The van der Waals surface area contributed by atoms with E-state index in [1.807, 2.05) is 54.6 Å². The van der Waals surface area contributed by atoms with Crippen LogP contribution < -0.4 is 5.32 Å². The van der Waals surface area contributed by atoms with Gasteiger partial charge in [-0.1, -0.05) is 53.7 Å². The Kier molecular flexibility index (Phi) is 5.01. The number of benzene rings is 3. The van der Waals surface area contributed by atoms with Gasteiger partial charge < -0.3 is 5.32 Å². The maximum atomic E-state index is 12.4. The lowest BCUT2D eigenvalue weighted by Crippen LogP contribution is -2.12. The molecule has 1 N–H and O–H groups in total. The van der Waals surface area contributed by atoms with Gasteiger partial charge in [0.1, 0.15) is 0 Å². The van der Waals surface area contributed by atoms with Gasteiger partial charge in [-0.15, -0.1) is 0 Å². The highest BCUT2D eigenvalue weighted by atomic mass is 35.5. The molecule has 0 aliphatic rings. The summed E-state index contributed by atoms with van der Waals surface area (Å²) in [4.78, 5) is 14.5. The molecule has 0 aliphatic carbocycles. The van der Waals surface area contributed by atoms with E-state index >= 15 is 0 Å². The summed E-state index contributed by atoms with van der Waals surface area (Å²) in [5, 5.41) is 3.58. The number of hydrogen-bond acceptors (Lipinski definition) is 2. The lowest BCUT2D eigenvalue weighted by Gasteiger charge is -2.11. The number of hydrogen-bond donors (Lipinski definition) is 1. The number of para-hydroxylation sites is 1. The Morgan fingerprint density at radius 1 is 0.826 bits per heavy atom. The van der Waals surface area contributed by atoms with Gasteiger partial charge in [0.05, 0.1) is 5.69 Å². The molecular weight excluding hydrogens is 326 g/mol. The van der Waals surface area contributed by atoms with Gasteiger partial charge in [-0.25, -0.2) is 0 Å².